The van der Waals surface area contributed by atoms with Gasteiger partial charge < -0.3 is 15.5 Å². The minimum atomic E-state index is 0.401. The lowest BCUT2D eigenvalue weighted by Gasteiger charge is -2.42. The molecule has 0 radical (unpaired) electrons. The molecule has 2 aromatic carbocycles. The van der Waals surface area contributed by atoms with Crippen LogP contribution in [-0.2, 0) is 6.54 Å². The van der Waals surface area contributed by atoms with E-state index in [0.29, 0.717) is 12.6 Å². The van der Waals surface area contributed by atoms with Crippen LogP contribution in [-0.4, -0.2) is 31.6 Å². The van der Waals surface area contributed by atoms with E-state index >= 15 is 0 Å². The van der Waals surface area contributed by atoms with E-state index < -0.39 is 0 Å². The average Bonchev–Trinajstić information content (AvgIpc) is 2.55. The predicted octanol–water partition coefficient (Wildman–Crippen LogP) is 2.64. The largest absolute Gasteiger partial charge is 0.362 e. The number of anilines is 1. The standard InChI is InChI=1S/C18H23N3/c1-20-10-11-21(17-9-5-6-15(12-17)13-19)18(14-20)16-7-3-2-4-8-16/h2-9,12,18H,10-11,13-14,19H2,1H3. The van der Waals surface area contributed by atoms with Gasteiger partial charge in [-0.3, -0.25) is 0 Å². The van der Waals surface area contributed by atoms with Gasteiger partial charge in [-0.2, -0.15) is 0 Å². The molecule has 3 rings (SSSR count). The third-order valence-electron chi connectivity index (χ3n) is 4.25. The Hall–Kier alpha value is -1.84. The first-order valence-electron chi connectivity index (χ1n) is 7.57. The van der Waals surface area contributed by atoms with Crippen LogP contribution in [0, 0.1) is 0 Å². The second-order valence-corrected chi connectivity index (χ2v) is 5.76. The lowest BCUT2D eigenvalue weighted by atomic mass is 10.0. The van der Waals surface area contributed by atoms with Gasteiger partial charge in [-0.15, -0.1) is 0 Å². The Morgan fingerprint density at radius 2 is 1.86 bits per heavy atom. The first-order chi connectivity index (χ1) is 10.3. The molecule has 3 heteroatoms. The van der Waals surface area contributed by atoms with Crippen molar-refractivity contribution < 1.29 is 0 Å². The van der Waals surface area contributed by atoms with Gasteiger partial charge in [-0.1, -0.05) is 42.5 Å². The number of likely N-dealkylation sites (N-methyl/N-ethyl adjacent to an activating group) is 1. The highest BCUT2D eigenvalue weighted by atomic mass is 15.3. The fourth-order valence-corrected chi connectivity index (χ4v) is 3.05. The summed E-state index contributed by atoms with van der Waals surface area (Å²) in [5, 5.41) is 0. The Balaban J connectivity index is 1.94. The molecular weight excluding hydrogens is 258 g/mol. The van der Waals surface area contributed by atoms with E-state index in [1.165, 1.54) is 16.8 Å². The molecule has 1 atom stereocenters. The van der Waals surface area contributed by atoms with Crippen LogP contribution >= 0.6 is 0 Å². The SMILES string of the molecule is CN1CCN(c2cccc(CN)c2)C(c2ccccc2)C1. The molecule has 1 aliphatic heterocycles. The molecule has 0 bridgehead atoms. The minimum absolute atomic E-state index is 0.401. The van der Waals surface area contributed by atoms with E-state index in [0.717, 1.165) is 19.6 Å². The summed E-state index contributed by atoms with van der Waals surface area (Å²) >= 11 is 0. The fraction of sp³-hybridized carbons (Fsp3) is 0.333. The van der Waals surface area contributed by atoms with E-state index in [1.807, 2.05) is 0 Å². The summed E-state index contributed by atoms with van der Waals surface area (Å²) < 4.78 is 0. The summed E-state index contributed by atoms with van der Waals surface area (Å²) in [7, 11) is 2.20. The smallest absolute Gasteiger partial charge is 0.0669 e. The molecule has 1 saturated heterocycles. The van der Waals surface area contributed by atoms with Crippen LogP contribution in [0.4, 0.5) is 5.69 Å². The Morgan fingerprint density at radius 1 is 1.05 bits per heavy atom. The zero-order valence-electron chi connectivity index (χ0n) is 12.6. The van der Waals surface area contributed by atoms with E-state index in [9.17, 15) is 0 Å². The van der Waals surface area contributed by atoms with E-state index in [1.54, 1.807) is 0 Å². The fourth-order valence-electron chi connectivity index (χ4n) is 3.05. The van der Waals surface area contributed by atoms with Gasteiger partial charge >= 0.3 is 0 Å². The van der Waals surface area contributed by atoms with Crippen LogP contribution in [0.15, 0.2) is 54.6 Å². The third-order valence-corrected chi connectivity index (χ3v) is 4.25. The van der Waals surface area contributed by atoms with Crippen molar-refractivity contribution in [3.8, 4) is 0 Å². The Kier molecular flexibility index (Phi) is 4.23. The Labute approximate surface area is 127 Å². The van der Waals surface area contributed by atoms with Gasteiger partial charge in [0.15, 0.2) is 0 Å². The highest BCUT2D eigenvalue weighted by Crippen LogP contribution is 2.30. The normalized spacial score (nSPS) is 19.7. The molecular formula is C18H23N3. The lowest BCUT2D eigenvalue weighted by Crippen LogP contribution is -2.47. The number of piperazine rings is 1. The van der Waals surface area contributed by atoms with Crippen LogP contribution < -0.4 is 10.6 Å². The molecule has 3 nitrogen and oxygen atoms in total. The van der Waals surface area contributed by atoms with Crippen molar-refractivity contribution in [1.29, 1.82) is 0 Å². The summed E-state index contributed by atoms with van der Waals surface area (Å²) in [6.07, 6.45) is 0. The maximum absolute atomic E-state index is 5.79. The second kappa shape index (κ2) is 6.29. The number of nitrogens with zero attached hydrogens (tertiary/aromatic N) is 2. The maximum atomic E-state index is 5.79. The summed E-state index contributed by atoms with van der Waals surface area (Å²) in [6, 6.07) is 19.8. The summed E-state index contributed by atoms with van der Waals surface area (Å²) in [4.78, 5) is 4.91. The number of benzene rings is 2. The van der Waals surface area contributed by atoms with Crippen molar-refractivity contribution in [1.82, 2.24) is 4.90 Å². The molecule has 1 heterocycles. The molecule has 2 N–H and O–H groups in total. The van der Waals surface area contributed by atoms with Gasteiger partial charge in [-0.05, 0) is 30.3 Å². The van der Waals surface area contributed by atoms with Crippen molar-refractivity contribution in [2.24, 2.45) is 5.73 Å². The minimum Gasteiger partial charge on any atom is -0.362 e. The average molecular weight is 281 g/mol. The van der Waals surface area contributed by atoms with Crippen molar-refractivity contribution in [2.45, 2.75) is 12.6 Å². The molecule has 1 aliphatic rings. The second-order valence-electron chi connectivity index (χ2n) is 5.76. The summed E-state index contributed by atoms with van der Waals surface area (Å²) in [5.41, 5.74) is 9.64. The van der Waals surface area contributed by atoms with Crippen LogP contribution in [0.3, 0.4) is 0 Å². The predicted molar refractivity (Wildman–Crippen MR) is 88.4 cm³/mol. The molecule has 1 fully saturated rings. The van der Waals surface area contributed by atoms with E-state index in [4.69, 9.17) is 5.73 Å². The molecule has 0 aromatic heterocycles. The molecule has 0 spiro atoms. The maximum Gasteiger partial charge on any atom is 0.0669 e. The zero-order chi connectivity index (χ0) is 14.7. The van der Waals surface area contributed by atoms with Crippen LogP contribution in [0.1, 0.15) is 17.2 Å². The third kappa shape index (κ3) is 3.09. The van der Waals surface area contributed by atoms with Crippen molar-refractivity contribution in [3.63, 3.8) is 0 Å². The van der Waals surface area contributed by atoms with Gasteiger partial charge in [0.25, 0.3) is 0 Å². The lowest BCUT2D eigenvalue weighted by molar-refractivity contribution is 0.269. The van der Waals surface area contributed by atoms with Crippen LogP contribution in [0.2, 0.25) is 0 Å². The van der Waals surface area contributed by atoms with E-state index in [-0.39, 0.29) is 0 Å². The quantitative estimate of drug-likeness (QED) is 0.939. The highest BCUT2D eigenvalue weighted by molar-refractivity contribution is 5.51. The van der Waals surface area contributed by atoms with Gasteiger partial charge in [0, 0.05) is 31.9 Å². The molecule has 0 saturated carbocycles. The zero-order valence-corrected chi connectivity index (χ0v) is 12.6. The first kappa shape index (κ1) is 14.1. The highest BCUT2D eigenvalue weighted by Gasteiger charge is 2.26. The number of nitrogens with two attached hydrogens (primary N) is 1. The van der Waals surface area contributed by atoms with E-state index in [2.05, 4.69) is 71.4 Å². The van der Waals surface area contributed by atoms with Crippen molar-refractivity contribution >= 4 is 5.69 Å². The van der Waals surface area contributed by atoms with Crippen molar-refractivity contribution in [3.05, 3.63) is 65.7 Å². The topological polar surface area (TPSA) is 32.5 Å². The molecule has 2 aromatic rings. The molecule has 1 unspecified atom stereocenters. The van der Waals surface area contributed by atoms with Gasteiger partial charge in [-0.25, -0.2) is 0 Å². The first-order valence-corrected chi connectivity index (χ1v) is 7.57. The molecule has 21 heavy (non-hydrogen) atoms. The number of rotatable bonds is 3. The summed E-state index contributed by atoms with van der Waals surface area (Å²) in [5.74, 6) is 0. The Bertz CT molecular complexity index is 582. The van der Waals surface area contributed by atoms with Gasteiger partial charge in [0.2, 0.25) is 0 Å². The van der Waals surface area contributed by atoms with Crippen LogP contribution in [0.25, 0.3) is 0 Å². The number of hydrogen-bond acceptors (Lipinski definition) is 3. The molecule has 0 aliphatic carbocycles. The Morgan fingerprint density at radius 3 is 2.62 bits per heavy atom. The monoisotopic (exact) mass is 281 g/mol. The molecule has 0 amide bonds. The van der Waals surface area contributed by atoms with Gasteiger partial charge in [0.05, 0.1) is 6.04 Å². The number of hydrogen-bond donors (Lipinski definition) is 1. The van der Waals surface area contributed by atoms with Gasteiger partial charge in [0.1, 0.15) is 0 Å². The molecule has 110 valence electrons. The van der Waals surface area contributed by atoms with Crippen molar-refractivity contribution in [2.75, 3.05) is 31.6 Å². The van der Waals surface area contributed by atoms with Crippen LogP contribution in [0.5, 0.6) is 0 Å². The summed E-state index contributed by atoms with van der Waals surface area (Å²) in [6.45, 7) is 3.79.